The molecule has 0 aromatic carbocycles. The maximum absolute atomic E-state index is 12.0. The van der Waals surface area contributed by atoms with E-state index < -0.39 is 21.5 Å². The first-order chi connectivity index (χ1) is 12.7. The largest absolute Gasteiger partial charge is 0.430 e. The molecule has 9 heteroatoms. The van der Waals surface area contributed by atoms with Crippen LogP contribution >= 0.6 is 0 Å². The Labute approximate surface area is 167 Å². The second kappa shape index (κ2) is 11.8. The quantitative estimate of drug-likeness (QED) is 0.154. The van der Waals surface area contributed by atoms with Gasteiger partial charge in [0.05, 0.1) is 12.3 Å². The first-order valence-corrected chi connectivity index (χ1v) is 10.5. The molecule has 0 atom stereocenters. The van der Waals surface area contributed by atoms with Gasteiger partial charge >= 0.3 is 5.97 Å². The van der Waals surface area contributed by atoms with Gasteiger partial charge in [-0.25, -0.2) is 0 Å². The Morgan fingerprint density at radius 1 is 1.14 bits per heavy atom. The van der Waals surface area contributed by atoms with Crippen molar-refractivity contribution in [1.82, 2.24) is 5.32 Å². The Morgan fingerprint density at radius 2 is 1.75 bits per heavy atom. The Morgan fingerprint density at radius 3 is 2.29 bits per heavy atom. The molecule has 28 heavy (non-hydrogen) atoms. The number of rotatable bonds is 11. The maximum atomic E-state index is 12.0. The average Bonchev–Trinajstić information content (AvgIpc) is 2.48. The number of ether oxygens (including phenoxy) is 1. The molecule has 4 N–H and O–H groups in total. The molecule has 0 unspecified atom stereocenters. The summed E-state index contributed by atoms with van der Waals surface area (Å²) in [5.41, 5.74) is 6.60. The van der Waals surface area contributed by atoms with E-state index in [0.717, 1.165) is 11.1 Å². The average molecular weight is 417 g/mol. The molecular weight excluding hydrogens is 384 g/mol. The fourth-order valence-corrected chi connectivity index (χ4v) is 3.15. The van der Waals surface area contributed by atoms with Crippen molar-refractivity contribution >= 4 is 22.0 Å². The van der Waals surface area contributed by atoms with Crippen molar-refractivity contribution in [2.24, 2.45) is 11.1 Å². The van der Waals surface area contributed by atoms with Crippen LogP contribution in [0.2, 0.25) is 0 Å². The third-order valence-corrected chi connectivity index (χ3v) is 4.27. The summed E-state index contributed by atoms with van der Waals surface area (Å²) < 4.78 is 35.0. The molecule has 0 saturated heterocycles. The Kier molecular flexibility index (Phi) is 10.9. The molecule has 0 aromatic heterocycles. The zero-order valence-electron chi connectivity index (χ0n) is 17.2. The zero-order valence-corrected chi connectivity index (χ0v) is 18.1. The summed E-state index contributed by atoms with van der Waals surface area (Å²) in [6.45, 7) is 9.28. The van der Waals surface area contributed by atoms with Crippen LogP contribution in [0.4, 0.5) is 0 Å². The number of carbonyl (C=O) groups excluding carboxylic acids is 2. The molecule has 0 bridgehead atoms. The molecule has 0 radical (unpaired) electrons. The van der Waals surface area contributed by atoms with Gasteiger partial charge in [-0.3, -0.25) is 14.1 Å². The summed E-state index contributed by atoms with van der Waals surface area (Å²) in [6.07, 6.45) is 5.98. The molecule has 0 spiro atoms. The van der Waals surface area contributed by atoms with Crippen molar-refractivity contribution in [2.45, 2.75) is 47.5 Å². The third-order valence-electron chi connectivity index (χ3n) is 3.46. The number of allylic oxidation sites excluding steroid dienone is 6. The molecule has 0 fully saturated rings. The lowest BCUT2D eigenvalue weighted by Crippen LogP contribution is -2.29. The van der Waals surface area contributed by atoms with Crippen molar-refractivity contribution < 1.29 is 27.3 Å². The lowest BCUT2D eigenvalue weighted by molar-refractivity contribution is -0.137. The summed E-state index contributed by atoms with van der Waals surface area (Å²) in [4.78, 5) is 23.2. The van der Waals surface area contributed by atoms with E-state index in [-0.39, 0.29) is 37.6 Å². The van der Waals surface area contributed by atoms with Crippen LogP contribution in [0.5, 0.6) is 0 Å². The smallest absolute Gasteiger partial charge is 0.324 e. The van der Waals surface area contributed by atoms with Crippen LogP contribution in [-0.4, -0.2) is 43.7 Å². The van der Waals surface area contributed by atoms with E-state index in [4.69, 9.17) is 15.0 Å². The van der Waals surface area contributed by atoms with Gasteiger partial charge in [-0.2, -0.15) is 8.42 Å². The van der Waals surface area contributed by atoms with Gasteiger partial charge in [0.15, 0.2) is 0 Å². The van der Waals surface area contributed by atoms with Crippen molar-refractivity contribution in [3.05, 3.63) is 35.1 Å². The van der Waals surface area contributed by atoms with Crippen molar-refractivity contribution in [3.63, 3.8) is 0 Å². The standard InChI is InChI=1S/C19H32N2O6S/c1-14(10-16(3)27-18(23)13-20)9-15(2)11-19(4,5)12-17(22)21-7-6-8-28(24,25)26/h9-11H,6-8,12-13,20H2,1-5H3,(H,21,22)(H,24,25,26)/b14-9-,15-11+,16-10+. The highest BCUT2D eigenvalue weighted by Gasteiger charge is 2.19. The van der Waals surface area contributed by atoms with Crippen LogP contribution in [0.3, 0.4) is 0 Å². The van der Waals surface area contributed by atoms with Gasteiger partial charge < -0.3 is 15.8 Å². The topological polar surface area (TPSA) is 136 Å². The highest BCUT2D eigenvalue weighted by Crippen LogP contribution is 2.24. The van der Waals surface area contributed by atoms with Crippen LogP contribution in [-0.2, 0) is 24.4 Å². The lowest BCUT2D eigenvalue weighted by atomic mass is 9.86. The first kappa shape index (κ1) is 26.0. The summed E-state index contributed by atoms with van der Waals surface area (Å²) in [6, 6.07) is 0. The van der Waals surface area contributed by atoms with E-state index in [9.17, 15) is 18.0 Å². The second-order valence-electron chi connectivity index (χ2n) is 7.36. The van der Waals surface area contributed by atoms with E-state index in [1.165, 1.54) is 0 Å². The number of carbonyl (C=O) groups is 2. The molecule has 160 valence electrons. The van der Waals surface area contributed by atoms with Crippen LogP contribution in [0, 0.1) is 5.41 Å². The summed E-state index contributed by atoms with van der Waals surface area (Å²) in [5.74, 6) is -0.639. The van der Waals surface area contributed by atoms with Crippen molar-refractivity contribution in [3.8, 4) is 0 Å². The van der Waals surface area contributed by atoms with E-state index in [2.05, 4.69) is 5.32 Å². The van der Waals surface area contributed by atoms with Gasteiger partial charge in [0.1, 0.15) is 5.76 Å². The third kappa shape index (κ3) is 14.1. The molecule has 0 aliphatic heterocycles. The van der Waals surface area contributed by atoms with E-state index in [1.807, 2.05) is 39.8 Å². The highest BCUT2D eigenvalue weighted by atomic mass is 32.2. The number of hydrogen-bond acceptors (Lipinski definition) is 6. The summed E-state index contributed by atoms with van der Waals surface area (Å²) in [5, 5.41) is 2.65. The first-order valence-electron chi connectivity index (χ1n) is 8.93. The normalized spacial score (nSPS) is 14.0. The molecule has 0 aliphatic carbocycles. The van der Waals surface area contributed by atoms with E-state index in [1.54, 1.807) is 13.0 Å². The van der Waals surface area contributed by atoms with E-state index >= 15 is 0 Å². The van der Waals surface area contributed by atoms with Gasteiger partial charge in [0.25, 0.3) is 10.1 Å². The monoisotopic (exact) mass is 416 g/mol. The molecule has 0 aliphatic rings. The van der Waals surface area contributed by atoms with Crippen molar-refractivity contribution in [2.75, 3.05) is 18.8 Å². The van der Waals surface area contributed by atoms with Gasteiger partial charge in [0.2, 0.25) is 5.91 Å². The minimum absolute atomic E-state index is 0.155. The van der Waals surface area contributed by atoms with Gasteiger partial charge in [-0.1, -0.05) is 31.6 Å². The minimum atomic E-state index is -4.01. The fraction of sp³-hybridized carbons (Fsp3) is 0.579. The van der Waals surface area contributed by atoms with Gasteiger partial charge in [-0.05, 0) is 44.3 Å². The molecule has 8 nitrogen and oxygen atoms in total. The van der Waals surface area contributed by atoms with Crippen LogP contribution in [0.25, 0.3) is 0 Å². The number of nitrogens with one attached hydrogen (secondary N) is 1. The molecule has 0 heterocycles. The zero-order chi connectivity index (χ0) is 22.0. The SMILES string of the molecule is CC(=C/C(C)=C/C(C)(C)CC(=O)NCCCS(=O)(=O)O)/C=C(\C)OC(=O)CN. The minimum Gasteiger partial charge on any atom is -0.430 e. The predicted octanol–water partition coefficient (Wildman–Crippen LogP) is 2.10. The highest BCUT2D eigenvalue weighted by molar-refractivity contribution is 7.85. The number of amides is 1. The Bertz CT molecular complexity index is 748. The van der Waals surface area contributed by atoms with E-state index in [0.29, 0.717) is 5.76 Å². The number of nitrogens with two attached hydrogens (primary N) is 1. The molecule has 0 rings (SSSR count). The summed E-state index contributed by atoms with van der Waals surface area (Å²) >= 11 is 0. The van der Waals surface area contributed by atoms with Gasteiger partial charge in [0, 0.05) is 13.0 Å². The Balaban J connectivity index is 4.76. The van der Waals surface area contributed by atoms with Crippen LogP contribution < -0.4 is 11.1 Å². The molecule has 1 amide bonds. The fourth-order valence-electron chi connectivity index (χ4n) is 2.64. The Hall–Kier alpha value is -1.97. The van der Waals surface area contributed by atoms with Crippen molar-refractivity contribution in [1.29, 1.82) is 0 Å². The molecule has 0 saturated carbocycles. The number of hydrogen-bond donors (Lipinski definition) is 3. The van der Waals surface area contributed by atoms with Crippen LogP contribution in [0.1, 0.15) is 47.5 Å². The lowest BCUT2D eigenvalue weighted by Gasteiger charge is -2.20. The molecule has 0 aromatic rings. The van der Waals surface area contributed by atoms with Gasteiger partial charge in [-0.15, -0.1) is 0 Å². The van der Waals surface area contributed by atoms with Crippen LogP contribution in [0.15, 0.2) is 35.1 Å². The second-order valence-corrected chi connectivity index (χ2v) is 8.94. The summed E-state index contributed by atoms with van der Waals surface area (Å²) in [7, 11) is -4.01. The molecular formula is C19H32N2O6S. The maximum Gasteiger partial charge on any atom is 0.324 e. The number of esters is 1. The predicted molar refractivity (Wildman–Crippen MR) is 109 cm³/mol.